The molecule has 0 aliphatic heterocycles. The Hall–Kier alpha value is -1.07. The van der Waals surface area contributed by atoms with Crippen molar-refractivity contribution in [2.24, 2.45) is 0 Å². The van der Waals surface area contributed by atoms with Gasteiger partial charge in [-0.15, -0.1) is 6.42 Å². The Morgan fingerprint density at radius 2 is 1.92 bits per heavy atom. The van der Waals surface area contributed by atoms with Crippen LogP contribution in [0.5, 0.6) is 0 Å². The summed E-state index contributed by atoms with van der Waals surface area (Å²) < 4.78 is 13.0. The molecule has 13 heavy (non-hydrogen) atoms. The molecule has 0 unspecified atom stereocenters. The highest BCUT2D eigenvalue weighted by Crippen LogP contribution is 2.08. The van der Waals surface area contributed by atoms with Crippen LogP contribution in [0.25, 0.3) is 0 Å². The van der Waals surface area contributed by atoms with E-state index in [1.165, 1.54) is 11.3 Å². The molecule has 0 saturated heterocycles. The lowest BCUT2D eigenvalue weighted by Gasteiger charge is -2.16. The Morgan fingerprint density at radius 1 is 1.31 bits per heavy atom. The van der Waals surface area contributed by atoms with Gasteiger partial charge >= 0.3 is 0 Å². The van der Waals surface area contributed by atoms with Crippen molar-refractivity contribution in [1.82, 2.24) is 0 Å². The smallest absolute Gasteiger partial charge is 0.138 e. The SMILES string of the molecule is C#Cc1cc([Si](C)(C)C)ccc1F. The monoisotopic (exact) mass is 192 g/mol. The molecule has 0 aliphatic carbocycles. The topological polar surface area (TPSA) is 0 Å². The van der Waals surface area contributed by atoms with Gasteiger partial charge in [0.1, 0.15) is 5.82 Å². The van der Waals surface area contributed by atoms with E-state index in [1.54, 1.807) is 6.07 Å². The number of rotatable bonds is 1. The highest BCUT2D eigenvalue weighted by atomic mass is 28.3. The third-order valence-electron chi connectivity index (χ3n) is 1.99. The Bertz CT molecular complexity index is 355. The standard InChI is InChI=1S/C11H13FSi/c1-5-9-8-10(13(2,3)4)6-7-11(9)12/h1,6-8H,2-4H3. The predicted molar refractivity (Wildman–Crippen MR) is 57.3 cm³/mol. The Kier molecular flexibility index (Phi) is 2.58. The molecule has 1 aromatic rings. The summed E-state index contributed by atoms with van der Waals surface area (Å²) in [5.74, 6) is 2.05. The van der Waals surface area contributed by atoms with Crippen molar-refractivity contribution in [3.05, 3.63) is 29.6 Å². The molecule has 0 radical (unpaired) electrons. The van der Waals surface area contributed by atoms with Crippen LogP contribution >= 0.6 is 0 Å². The molecule has 0 saturated carbocycles. The summed E-state index contributed by atoms with van der Waals surface area (Å²) in [5.41, 5.74) is 0.375. The summed E-state index contributed by atoms with van der Waals surface area (Å²) in [4.78, 5) is 0. The van der Waals surface area contributed by atoms with Gasteiger partial charge in [-0.1, -0.05) is 36.8 Å². The van der Waals surface area contributed by atoms with E-state index in [-0.39, 0.29) is 5.82 Å². The van der Waals surface area contributed by atoms with Crippen LogP contribution in [-0.4, -0.2) is 8.07 Å². The van der Waals surface area contributed by atoms with E-state index in [1.807, 2.05) is 6.07 Å². The minimum absolute atomic E-state index is 0.301. The molecule has 0 atom stereocenters. The molecule has 0 heterocycles. The molecule has 2 heteroatoms. The first kappa shape index (κ1) is 10.0. The van der Waals surface area contributed by atoms with Gasteiger partial charge in [0.15, 0.2) is 0 Å². The predicted octanol–water partition coefficient (Wildman–Crippen LogP) is 2.35. The van der Waals surface area contributed by atoms with Crippen molar-refractivity contribution in [3.63, 3.8) is 0 Å². The average molecular weight is 192 g/mol. The van der Waals surface area contributed by atoms with Crippen LogP contribution in [0.4, 0.5) is 4.39 Å². The molecule has 0 spiro atoms. The van der Waals surface area contributed by atoms with E-state index in [2.05, 4.69) is 25.6 Å². The molecule has 0 aromatic heterocycles. The molecule has 1 rings (SSSR count). The second kappa shape index (κ2) is 3.35. The summed E-state index contributed by atoms with van der Waals surface area (Å²) >= 11 is 0. The van der Waals surface area contributed by atoms with Crippen molar-refractivity contribution in [1.29, 1.82) is 0 Å². The lowest BCUT2D eigenvalue weighted by Crippen LogP contribution is -2.37. The van der Waals surface area contributed by atoms with Gasteiger partial charge in [0.2, 0.25) is 0 Å². The summed E-state index contributed by atoms with van der Waals surface area (Å²) in [6, 6.07) is 5.09. The molecule has 0 nitrogen and oxygen atoms in total. The van der Waals surface area contributed by atoms with E-state index < -0.39 is 8.07 Å². The Labute approximate surface area is 79.8 Å². The maximum absolute atomic E-state index is 13.0. The van der Waals surface area contributed by atoms with E-state index >= 15 is 0 Å². The number of hydrogen-bond donors (Lipinski definition) is 0. The quantitative estimate of drug-likeness (QED) is 0.473. The van der Waals surface area contributed by atoms with Crippen molar-refractivity contribution >= 4 is 13.3 Å². The van der Waals surface area contributed by atoms with Crippen LogP contribution in [0.15, 0.2) is 18.2 Å². The van der Waals surface area contributed by atoms with Crippen LogP contribution in [0.1, 0.15) is 5.56 Å². The zero-order valence-electron chi connectivity index (χ0n) is 8.19. The van der Waals surface area contributed by atoms with Crippen LogP contribution < -0.4 is 5.19 Å². The zero-order valence-corrected chi connectivity index (χ0v) is 9.19. The fourth-order valence-electron chi connectivity index (χ4n) is 1.10. The highest BCUT2D eigenvalue weighted by molar-refractivity contribution is 6.88. The van der Waals surface area contributed by atoms with E-state index in [0.29, 0.717) is 5.56 Å². The van der Waals surface area contributed by atoms with Crippen LogP contribution in [0, 0.1) is 18.2 Å². The molecule has 68 valence electrons. The lowest BCUT2D eigenvalue weighted by atomic mass is 10.2. The minimum Gasteiger partial charge on any atom is -0.206 e. The Morgan fingerprint density at radius 3 is 2.38 bits per heavy atom. The first-order valence-electron chi connectivity index (χ1n) is 4.22. The third-order valence-corrected chi connectivity index (χ3v) is 4.03. The summed E-state index contributed by atoms with van der Waals surface area (Å²) in [7, 11) is -1.37. The maximum Gasteiger partial charge on any atom is 0.138 e. The van der Waals surface area contributed by atoms with E-state index in [4.69, 9.17) is 6.42 Å². The van der Waals surface area contributed by atoms with Crippen LogP contribution in [-0.2, 0) is 0 Å². The van der Waals surface area contributed by atoms with Gasteiger partial charge in [0.25, 0.3) is 0 Å². The van der Waals surface area contributed by atoms with Gasteiger partial charge in [0, 0.05) is 0 Å². The van der Waals surface area contributed by atoms with Gasteiger partial charge in [-0.3, -0.25) is 0 Å². The van der Waals surface area contributed by atoms with Gasteiger partial charge in [0.05, 0.1) is 13.6 Å². The first-order valence-corrected chi connectivity index (χ1v) is 7.72. The van der Waals surface area contributed by atoms with Gasteiger partial charge in [-0.05, 0) is 12.1 Å². The molecule has 0 fully saturated rings. The van der Waals surface area contributed by atoms with Gasteiger partial charge in [-0.2, -0.15) is 0 Å². The molecule has 0 amide bonds. The van der Waals surface area contributed by atoms with Crippen molar-refractivity contribution in [2.45, 2.75) is 19.6 Å². The normalized spacial score (nSPS) is 11.0. The fraction of sp³-hybridized carbons (Fsp3) is 0.273. The zero-order chi connectivity index (χ0) is 10.1. The molecule has 0 N–H and O–H groups in total. The van der Waals surface area contributed by atoms with Crippen LogP contribution in [0.3, 0.4) is 0 Å². The molecular weight excluding hydrogens is 179 g/mol. The molecular formula is C11H13FSi. The number of halogens is 1. The Balaban J connectivity index is 3.24. The fourth-order valence-corrected chi connectivity index (χ4v) is 2.26. The second-order valence-electron chi connectivity index (χ2n) is 4.09. The third kappa shape index (κ3) is 2.19. The van der Waals surface area contributed by atoms with Crippen molar-refractivity contribution in [3.8, 4) is 12.3 Å². The first-order chi connectivity index (χ1) is 5.95. The molecule has 0 bridgehead atoms. The number of benzene rings is 1. The summed E-state index contributed by atoms with van der Waals surface area (Å²) in [6.45, 7) is 6.63. The molecule has 1 aromatic carbocycles. The highest BCUT2D eigenvalue weighted by Gasteiger charge is 2.17. The van der Waals surface area contributed by atoms with E-state index in [9.17, 15) is 4.39 Å². The number of terminal acetylenes is 1. The summed E-state index contributed by atoms with van der Waals surface area (Å²) in [5, 5.41) is 1.20. The van der Waals surface area contributed by atoms with Gasteiger partial charge in [-0.25, -0.2) is 4.39 Å². The van der Waals surface area contributed by atoms with Crippen molar-refractivity contribution < 1.29 is 4.39 Å². The van der Waals surface area contributed by atoms with Crippen molar-refractivity contribution in [2.75, 3.05) is 0 Å². The van der Waals surface area contributed by atoms with E-state index in [0.717, 1.165) is 0 Å². The largest absolute Gasteiger partial charge is 0.206 e. The second-order valence-corrected chi connectivity index (χ2v) is 9.17. The summed E-state index contributed by atoms with van der Waals surface area (Å²) in [6.07, 6.45) is 5.19. The van der Waals surface area contributed by atoms with Crippen LogP contribution in [0.2, 0.25) is 19.6 Å². The number of hydrogen-bond acceptors (Lipinski definition) is 0. The average Bonchev–Trinajstić information content (AvgIpc) is 2.03. The van der Waals surface area contributed by atoms with Gasteiger partial charge < -0.3 is 0 Å². The maximum atomic E-state index is 13.0. The minimum atomic E-state index is -1.37. The molecule has 0 aliphatic rings. The lowest BCUT2D eigenvalue weighted by molar-refractivity contribution is 0.625.